The quantitative estimate of drug-likeness (QED) is 0.612. The van der Waals surface area contributed by atoms with Crippen molar-refractivity contribution in [2.45, 2.75) is 6.42 Å². The minimum atomic E-state index is 0.224. The number of aliphatic hydroxyl groups excluding tert-OH is 1. The van der Waals surface area contributed by atoms with Crippen molar-refractivity contribution in [1.82, 2.24) is 4.90 Å². The topological polar surface area (TPSA) is 32.7 Å². The van der Waals surface area contributed by atoms with Crippen LogP contribution in [-0.2, 0) is 4.74 Å². The molecule has 13 heavy (non-hydrogen) atoms. The molecule has 1 atom stereocenters. The Morgan fingerprint density at radius 2 is 2.46 bits per heavy atom. The molecule has 0 aromatic heterocycles. The van der Waals surface area contributed by atoms with E-state index >= 15 is 0 Å². The lowest BCUT2D eigenvalue weighted by Crippen LogP contribution is -2.32. The Kier molecular flexibility index (Phi) is 5.05. The molecule has 1 aliphatic rings. The molecule has 1 saturated heterocycles. The zero-order valence-electron chi connectivity index (χ0n) is 8.11. The Morgan fingerprint density at radius 3 is 3.00 bits per heavy atom. The van der Waals surface area contributed by atoms with Gasteiger partial charge >= 0.3 is 0 Å². The highest BCUT2D eigenvalue weighted by atomic mass is 16.5. The molecule has 3 nitrogen and oxygen atoms in total. The first kappa shape index (κ1) is 10.7. The van der Waals surface area contributed by atoms with Crippen molar-refractivity contribution in [2.75, 3.05) is 39.5 Å². The third-order valence-electron chi connectivity index (χ3n) is 2.34. The van der Waals surface area contributed by atoms with Crippen molar-refractivity contribution in [1.29, 1.82) is 0 Å². The third-order valence-corrected chi connectivity index (χ3v) is 2.34. The standard InChI is InChI=1S/C10H19NO2/c1-2-4-11(5-6-12)8-10-3-7-13-9-10/h2,10,12H,1,3-9H2. The van der Waals surface area contributed by atoms with Crippen LogP contribution in [0.1, 0.15) is 6.42 Å². The summed E-state index contributed by atoms with van der Waals surface area (Å²) in [5, 5.41) is 8.83. The summed E-state index contributed by atoms with van der Waals surface area (Å²) in [6, 6.07) is 0. The van der Waals surface area contributed by atoms with Gasteiger partial charge in [-0.25, -0.2) is 0 Å². The van der Waals surface area contributed by atoms with Gasteiger partial charge in [-0.15, -0.1) is 6.58 Å². The first-order valence-electron chi connectivity index (χ1n) is 4.88. The van der Waals surface area contributed by atoms with E-state index in [1.54, 1.807) is 0 Å². The van der Waals surface area contributed by atoms with Gasteiger partial charge in [0, 0.05) is 26.2 Å². The smallest absolute Gasteiger partial charge is 0.0558 e. The van der Waals surface area contributed by atoms with Crippen molar-refractivity contribution in [3.8, 4) is 0 Å². The number of aliphatic hydroxyl groups is 1. The lowest BCUT2D eigenvalue weighted by Gasteiger charge is -2.22. The van der Waals surface area contributed by atoms with Crippen molar-refractivity contribution in [2.24, 2.45) is 5.92 Å². The number of hydrogen-bond acceptors (Lipinski definition) is 3. The van der Waals surface area contributed by atoms with Crippen LogP contribution in [0.2, 0.25) is 0 Å². The molecule has 1 rings (SSSR count). The Morgan fingerprint density at radius 1 is 1.62 bits per heavy atom. The molecule has 1 heterocycles. The maximum Gasteiger partial charge on any atom is 0.0558 e. The van der Waals surface area contributed by atoms with E-state index in [0.29, 0.717) is 5.92 Å². The van der Waals surface area contributed by atoms with Crippen molar-refractivity contribution in [3.05, 3.63) is 12.7 Å². The van der Waals surface area contributed by atoms with Gasteiger partial charge in [-0.3, -0.25) is 4.90 Å². The predicted molar refractivity (Wildman–Crippen MR) is 52.6 cm³/mol. The van der Waals surface area contributed by atoms with Gasteiger partial charge in [0.05, 0.1) is 13.2 Å². The molecule has 76 valence electrons. The average Bonchev–Trinajstić information content (AvgIpc) is 2.58. The van der Waals surface area contributed by atoms with E-state index < -0.39 is 0 Å². The summed E-state index contributed by atoms with van der Waals surface area (Å²) in [7, 11) is 0. The highest BCUT2D eigenvalue weighted by Gasteiger charge is 2.18. The molecular weight excluding hydrogens is 166 g/mol. The molecule has 0 amide bonds. The number of rotatable bonds is 6. The molecule has 0 radical (unpaired) electrons. The number of hydrogen-bond donors (Lipinski definition) is 1. The first-order chi connectivity index (χ1) is 6.36. The van der Waals surface area contributed by atoms with E-state index in [0.717, 1.165) is 39.3 Å². The van der Waals surface area contributed by atoms with Crippen LogP contribution in [0.25, 0.3) is 0 Å². The lowest BCUT2D eigenvalue weighted by atomic mass is 10.1. The second-order valence-corrected chi connectivity index (χ2v) is 3.50. The zero-order valence-corrected chi connectivity index (χ0v) is 8.11. The minimum Gasteiger partial charge on any atom is -0.395 e. The van der Waals surface area contributed by atoms with Crippen molar-refractivity contribution < 1.29 is 9.84 Å². The predicted octanol–water partition coefficient (Wildman–Crippen LogP) is 0.503. The molecule has 0 aromatic carbocycles. The first-order valence-corrected chi connectivity index (χ1v) is 4.88. The van der Waals surface area contributed by atoms with Gasteiger partial charge in [0.15, 0.2) is 0 Å². The minimum absolute atomic E-state index is 0.224. The van der Waals surface area contributed by atoms with Gasteiger partial charge in [0.25, 0.3) is 0 Å². The van der Waals surface area contributed by atoms with Crippen LogP contribution >= 0.6 is 0 Å². The van der Waals surface area contributed by atoms with E-state index in [4.69, 9.17) is 9.84 Å². The summed E-state index contributed by atoms with van der Waals surface area (Å²) in [6.45, 7) is 8.31. The number of nitrogens with zero attached hydrogens (tertiary/aromatic N) is 1. The van der Waals surface area contributed by atoms with E-state index in [2.05, 4.69) is 11.5 Å². The Balaban J connectivity index is 2.22. The third kappa shape index (κ3) is 3.89. The van der Waals surface area contributed by atoms with Gasteiger partial charge < -0.3 is 9.84 Å². The monoisotopic (exact) mass is 185 g/mol. The maximum absolute atomic E-state index is 8.83. The molecule has 0 saturated carbocycles. The van der Waals surface area contributed by atoms with Crippen LogP contribution in [0, 0.1) is 5.92 Å². The fraction of sp³-hybridized carbons (Fsp3) is 0.800. The zero-order chi connectivity index (χ0) is 9.52. The number of ether oxygens (including phenoxy) is 1. The largest absolute Gasteiger partial charge is 0.395 e. The highest BCUT2D eigenvalue weighted by Crippen LogP contribution is 2.13. The second-order valence-electron chi connectivity index (χ2n) is 3.50. The summed E-state index contributed by atoms with van der Waals surface area (Å²) < 4.78 is 5.30. The second kappa shape index (κ2) is 6.13. The van der Waals surface area contributed by atoms with E-state index in [1.807, 2.05) is 6.08 Å². The molecule has 1 unspecified atom stereocenters. The lowest BCUT2D eigenvalue weighted by molar-refractivity contribution is 0.158. The molecule has 1 aliphatic heterocycles. The van der Waals surface area contributed by atoms with Crippen LogP contribution in [0.5, 0.6) is 0 Å². The van der Waals surface area contributed by atoms with Crippen molar-refractivity contribution in [3.63, 3.8) is 0 Å². The highest BCUT2D eigenvalue weighted by molar-refractivity contribution is 4.76. The summed E-state index contributed by atoms with van der Waals surface area (Å²) in [5.74, 6) is 0.645. The van der Waals surface area contributed by atoms with E-state index in [-0.39, 0.29) is 6.61 Å². The SMILES string of the molecule is C=CCN(CCO)CC1CCOC1. The summed E-state index contributed by atoms with van der Waals surface area (Å²) >= 11 is 0. The molecule has 0 aliphatic carbocycles. The average molecular weight is 185 g/mol. The van der Waals surface area contributed by atoms with Gasteiger partial charge in [-0.1, -0.05) is 6.08 Å². The van der Waals surface area contributed by atoms with Crippen molar-refractivity contribution >= 4 is 0 Å². The molecule has 1 N–H and O–H groups in total. The van der Waals surface area contributed by atoms with E-state index in [9.17, 15) is 0 Å². The normalized spacial score (nSPS) is 22.5. The molecular formula is C10H19NO2. The summed E-state index contributed by atoms with van der Waals surface area (Å²) in [6.07, 6.45) is 3.03. The van der Waals surface area contributed by atoms with Gasteiger partial charge in [-0.05, 0) is 12.3 Å². The van der Waals surface area contributed by atoms with E-state index in [1.165, 1.54) is 0 Å². The fourth-order valence-electron chi connectivity index (χ4n) is 1.67. The van der Waals surface area contributed by atoms with Gasteiger partial charge in [-0.2, -0.15) is 0 Å². The van der Waals surface area contributed by atoms with Gasteiger partial charge in [0.1, 0.15) is 0 Å². The molecule has 3 heteroatoms. The molecule has 0 aromatic rings. The summed E-state index contributed by atoms with van der Waals surface area (Å²) in [4.78, 5) is 2.21. The van der Waals surface area contributed by atoms with Crippen LogP contribution in [0.4, 0.5) is 0 Å². The Bertz CT molecular complexity index is 144. The molecule has 1 fully saturated rings. The Labute approximate surface area is 80.0 Å². The maximum atomic E-state index is 8.83. The van der Waals surface area contributed by atoms with Gasteiger partial charge in [0.2, 0.25) is 0 Å². The van der Waals surface area contributed by atoms with Crippen LogP contribution in [-0.4, -0.2) is 49.5 Å². The van der Waals surface area contributed by atoms with Crippen LogP contribution < -0.4 is 0 Å². The summed E-state index contributed by atoms with van der Waals surface area (Å²) in [5.41, 5.74) is 0. The molecule has 0 bridgehead atoms. The van der Waals surface area contributed by atoms with Crippen LogP contribution in [0.3, 0.4) is 0 Å². The Hall–Kier alpha value is -0.380. The fourth-order valence-corrected chi connectivity index (χ4v) is 1.67. The van der Waals surface area contributed by atoms with Crippen LogP contribution in [0.15, 0.2) is 12.7 Å². The molecule has 0 spiro atoms.